The lowest BCUT2D eigenvalue weighted by molar-refractivity contribution is -0.143. The summed E-state index contributed by atoms with van der Waals surface area (Å²) < 4.78 is 43.3. The summed E-state index contributed by atoms with van der Waals surface area (Å²) in [6, 6.07) is 1.14. The first-order valence-electron chi connectivity index (χ1n) is 5.42. The van der Waals surface area contributed by atoms with Gasteiger partial charge in [0.05, 0.1) is 6.61 Å². The van der Waals surface area contributed by atoms with Gasteiger partial charge in [0, 0.05) is 12.6 Å². The van der Waals surface area contributed by atoms with Crippen molar-refractivity contribution in [3.8, 4) is 0 Å². The van der Waals surface area contributed by atoms with Crippen LogP contribution < -0.4 is 0 Å². The van der Waals surface area contributed by atoms with Crippen LogP contribution in [-0.4, -0.2) is 37.0 Å². The Morgan fingerprint density at radius 2 is 1.74 bits per heavy atom. The van der Waals surface area contributed by atoms with E-state index < -0.39 is 29.3 Å². The Balaban J connectivity index is 2.85. The predicted octanol–water partition coefficient (Wildman–Crippen LogP) is 1.74. The number of hydrogen-bond acceptors (Lipinski definition) is 3. The minimum Gasteiger partial charge on any atom is -0.465 e. The third-order valence-electron chi connectivity index (χ3n) is 2.25. The lowest BCUT2D eigenvalue weighted by Crippen LogP contribution is -2.33. The van der Waals surface area contributed by atoms with Crippen LogP contribution in [0.15, 0.2) is 12.1 Å². The second-order valence-electron chi connectivity index (χ2n) is 3.72. The van der Waals surface area contributed by atoms with Gasteiger partial charge in [0.2, 0.25) is 0 Å². The highest BCUT2D eigenvalue weighted by Gasteiger charge is 2.19. The van der Waals surface area contributed by atoms with E-state index in [4.69, 9.17) is 0 Å². The van der Waals surface area contributed by atoms with E-state index in [-0.39, 0.29) is 18.7 Å². The third kappa shape index (κ3) is 3.70. The molecule has 1 amide bonds. The Morgan fingerprint density at radius 1 is 1.21 bits per heavy atom. The second kappa shape index (κ2) is 6.21. The Morgan fingerprint density at radius 3 is 2.21 bits per heavy atom. The smallest absolute Gasteiger partial charge is 0.325 e. The van der Waals surface area contributed by atoms with E-state index in [1.165, 1.54) is 7.05 Å². The van der Waals surface area contributed by atoms with Crippen molar-refractivity contribution in [2.24, 2.45) is 0 Å². The quantitative estimate of drug-likeness (QED) is 0.621. The molecule has 0 N–H and O–H groups in total. The first-order valence-corrected chi connectivity index (χ1v) is 5.42. The van der Waals surface area contributed by atoms with Crippen LogP contribution in [0.4, 0.5) is 13.2 Å². The number of amides is 1. The molecule has 0 saturated carbocycles. The fraction of sp³-hybridized carbons (Fsp3) is 0.333. The fourth-order valence-corrected chi connectivity index (χ4v) is 1.37. The van der Waals surface area contributed by atoms with E-state index in [0.29, 0.717) is 12.1 Å². The number of carbonyl (C=O) groups is 2. The average molecular weight is 275 g/mol. The predicted molar refractivity (Wildman–Crippen MR) is 59.9 cm³/mol. The minimum atomic E-state index is -1.65. The standard InChI is InChI=1S/C12H12F3NO3/c1-3-19-10(17)6-16(2)12(18)7-4-8(13)11(15)9(14)5-7/h4-5H,3,6H2,1-2H3. The van der Waals surface area contributed by atoms with E-state index in [1.54, 1.807) is 6.92 Å². The van der Waals surface area contributed by atoms with Crippen LogP contribution in [-0.2, 0) is 9.53 Å². The molecule has 0 radical (unpaired) electrons. The van der Waals surface area contributed by atoms with Crippen molar-refractivity contribution in [1.82, 2.24) is 4.90 Å². The number of nitrogens with zero attached hydrogens (tertiary/aromatic N) is 1. The van der Waals surface area contributed by atoms with Crippen molar-refractivity contribution >= 4 is 11.9 Å². The van der Waals surface area contributed by atoms with Crippen molar-refractivity contribution in [1.29, 1.82) is 0 Å². The van der Waals surface area contributed by atoms with Crippen molar-refractivity contribution in [3.05, 3.63) is 35.1 Å². The van der Waals surface area contributed by atoms with Gasteiger partial charge in [0.25, 0.3) is 5.91 Å². The fourth-order valence-electron chi connectivity index (χ4n) is 1.37. The molecule has 0 heterocycles. The van der Waals surface area contributed by atoms with Gasteiger partial charge in [0.1, 0.15) is 6.54 Å². The number of benzene rings is 1. The van der Waals surface area contributed by atoms with Crippen molar-refractivity contribution < 1.29 is 27.5 Å². The van der Waals surface area contributed by atoms with Crippen LogP contribution in [0.2, 0.25) is 0 Å². The zero-order valence-electron chi connectivity index (χ0n) is 10.4. The molecular weight excluding hydrogens is 263 g/mol. The molecule has 0 spiro atoms. The number of likely N-dealkylation sites (N-methyl/N-ethyl adjacent to an activating group) is 1. The highest BCUT2D eigenvalue weighted by molar-refractivity contribution is 5.95. The molecule has 1 aromatic rings. The summed E-state index contributed by atoms with van der Waals surface area (Å²) in [6.45, 7) is 1.39. The summed E-state index contributed by atoms with van der Waals surface area (Å²) in [5.41, 5.74) is -0.386. The van der Waals surface area contributed by atoms with E-state index in [0.717, 1.165) is 4.90 Å². The van der Waals surface area contributed by atoms with Gasteiger partial charge in [-0.15, -0.1) is 0 Å². The summed E-state index contributed by atoms with van der Waals surface area (Å²) in [7, 11) is 1.26. The van der Waals surface area contributed by atoms with E-state index in [2.05, 4.69) is 4.74 Å². The monoisotopic (exact) mass is 275 g/mol. The summed E-state index contributed by atoms with van der Waals surface area (Å²) >= 11 is 0. The Bertz CT molecular complexity index is 482. The summed E-state index contributed by atoms with van der Waals surface area (Å²) in [4.78, 5) is 23.8. The van der Waals surface area contributed by atoms with Crippen LogP contribution in [0, 0.1) is 17.5 Å². The number of halogens is 3. The topological polar surface area (TPSA) is 46.6 Å². The molecule has 7 heteroatoms. The molecule has 0 bridgehead atoms. The SMILES string of the molecule is CCOC(=O)CN(C)C(=O)c1cc(F)c(F)c(F)c1. The molecule has 0 saturated heterocycles. The van der Waals surface area contributed by atoms with Gasteiger partial charge in [-0.1, -0.05) is 0 Å². The molecule has 0 aliphatic carbocycles. The summed E-state index contributed by atoms with van der Waals surface area (Å²) in [5, 5.41) is 0. The first-order chi connectivity index (χ1) is 8.86. The highest BCUT2D eigenvalue weighted by atomic mass is 19.2. The zero-order valence-corrected chi connectivity index (χ0v) is 10.4. The average Bonchev–Trinajstić information content (AvgIpc) is 2.34. The van der Waals surface area contributed by atoms with Crippen LogP contribution >= 0.6 is 0 Å². The third-order valence-corrected chi connectivity index (χ3v) is 2.25. The zero-order chi connectivity index (χ0) is 14.6. The highest BCUT2D eigenvalue weighted by Crippen LogP contribution is 2.14. The number of ether oxygens (including phenoxy) is 1. The molecule has 1 rings (SSSR count). The molecule has 1 aromatic carbocycles. The molecule has 0 fully saturated rings. The number of rotatable bonds is 4. The van der Waals surface area contributed by atoms with Gasteiger partial charge in [-0.05, 0) is 19.1 Å². The molecule has 0 atom stereocenters. The van der Waals surface area contributed by atoms with Gasteiger partial charge in [-0.3, -0.25) is 9.59 Å². The van der Waals surface area contributed by atoms with Gasteiger partial charge < -0.3 is 9.64 Å². The maximum Gasteiger partial charge on any atom is 0.325 e. The van der Waals surface area contributed by atoms with E-state index in [9.17, 15) is 22.8 Å². The van der Waals surface area contributed by atoms with Gasteiger partial charge in [-0.2, -0.15) is 0 Å². The van der Waals surface area contributed by atoms with E-state index in [1.807, 2.05) is 0 Å². The Labute approximate surface area is 107 Å². The van der Waals surface area contributed by atoms with Gasteiger partial charge in [-0.25, -0.2) is 13.2 Å². The maximum atomic E-state index is 13.0. The minimum absolute atomic E-state index is 0.153. The normalized spacial score (nSPS) is 10.2. The second-order valence-corrected chi connectivity index (χ2v) is 3.72. The van der Waals surface area contributed by atoms with Crippen molar-refractivity contribution in [2.45, 2.75) is 6.92 Å². The summed E-state index contributed by atoms with van der Waals surface area (Å²) in [5.74, 6) is -6.04. The Kier molecular flexibility index (Phi) is 4.91. The summed E-state index contributed by atoms with van der Waals surface area (Å²) in [6.07, 6.45) is 0. The van der Waals surface area contributed by atoms with Crippen LogP contribution in [0.5, 0.6) is 0 Å². The van der Waals surface area contributed by atoms with Gasteiger partial charge in [0.15, 0.2) is 17.5 Å². The lowest BCUT2D eigenvalue weighted by atomic mass is 10.2. The van der Waals surface area contributed by atoms with Crippen LogP contribution in [0.3, 0.4) is 0 Å². The Hall–Kier alpha value is -2.05. The van der Waals surface area contributed by atoms with E-state index >= 15 is 0 Å². The molecule has 0 aliphatic heterocycles. The molecule has 0 aromatic heterocycles. The lowest BCUT2D eigenvalue weighted by Gasteiger charge is -2.16. The first kappa shape index (κ1) is 15.0. The van der Waals surface area contributed by atoms with Crippen molar-refractivity contribution in [2.75, 3.05) is 20.2 Å². The van der Waals surface area contributed by atoms with Gasteiger partial charge >= 0.3 is 5.97 Å². The van der Waals surface area contributed by atoms with Crippen molar-refractivity contribution in [3.63, 3.8) is 0 Å². The largest absolute Gasteiger partial charge is 0.465 e. The maximum absolute atomic E-state index is 13.0. The molecular formula is C12H12F3NO3. The molecule has 19 heavy (non-hydrogen) atoms. The number of esters is 1. The molecule has 0 aliphatic rings. The van der Waals surface area contributed by atoms with Crippen LogP contribution in [0.25, 0.3) is 0 Å². The molecule has 4 nitrogen and oxygen atoms in total. The number of hydrogen-bond donors (Lipinski definition) is 0. The number of carbonyl (C=O) groups excluding carboxylic acids is 2. The van der Waals surface area contributed by atoms with Crippen LogP contribution in [0.1, 0.15) is 17.3 Å². The molecule has 104 valence electrons. The molecule has 0 unspecified atom stereocenters.